The second-order valence-corrected chi connectivity index (χ2v) is 17.1. The van der Waals surface area contributed by atoms with E-state index in [9.17, 15) is 5.26 Å². The van der Waals surface area contributed by atoms with E-state index >= 15 is 0 Å². The molecule has 0 unspecified atom stereocenters. The molecule has 9 aromatic carbocycles. The summed E-state index contributed by atoms with van der Waals surface area (Å²) >= 11 is 0. The molecule has 5 nitrogen and oxygen atoms in total. The van der Waals surface area contributed by atoms with Gasteiger partial charge in [0.05, 0.1) is 50.4 Å². The van der Waals surface area contributed by atoms with Crippen LogP contribution in [0.15, 0.2) is 212 Å². The molecule has 0 aliphatic rings. The molecule has 0 N–H and O–H groups in total. The molecular formula is C61H41N5. The van der Waals surface area contributed by atoms with Crippen LogP contribution in [0.25, 0.3) is 111 Å². The van der Waals surface area contributed by atoms with E-state index in [-0.39, 0.29) is 0 Å². The molecule has 0 radical (unpaired) electrons. The van der Waals surface area contributed by atoms with Gasteiger partial charge in [0.1, 0.15) is 6.07 Å². The molecule has 0 aliphatic carbocycles. The van der Waals surface area contributed by atoms with Gasteiger partial charge in [0.25, 0.3) is 0 Å². The van der Waals surface area contributed by atoms with Crippen LogP contribution < -0.4 is 0 Å². The number of nitrogens with zero attached hydrogens (tertiary/aromatic N) is 5. The molecule has 12 aromatic rings. The largest absolute Gasteiger partial charge is 0.308 e. The Labute approximate surface area is 382 Å². The van der Waals surface area contributed by atoms with Gasteiger partial charge in [-0.2, -0.15) is 5.26 Å². The summed E-state index contributed by atoms with van der Waals surface area (Å²) in [6.07, 6.45) is 0. The summed E-state index contributed by atoms with van der Waals surface area (Å²) in [6, 6.07) is 77.3. The lowest BCUT2D eigenvalue weighted by Crippen LogP contribution is -2.06. The van der Waals surface area contributed by atoms with Crippen molar-refractivity contribution >= 4 is 43.6 Å². The molecule has 3 heterocycles. The van der Waals surface area contributed by atoms with Crippen molar-refractivity contribution < 1.29 is 0 Å². The van der Waals surface area contributed by atoms with Crippen LogP contribution in [0.4, 0.5) is 0 Å². The Balaban J connectivity index is 1.17. The van der Waals surface area contributed by atoms with Crippen molar-refractivity contribution in [2.45, 2.75) is 13.8 Å². The van der Waals surface area contributed by atoms with E-state index in [2.05, 4.69) is 199 Å². The van der Waals surface area contributed by atoms with Gasteiger partial charge in [0, 0.05) is 38.2 Å². The number of rotatable bonds is 7. The Morgan fingerprint density at radius 3 is 1.27 bits per heavy atom. The third-order valence-corrected chi connectivity index (χ3v) is 12.9. The van der Waals surface area contributed by atoms with E-state index in [0.29, 0.717) is 11.4 Å². The second kappa shape index (κ2) is 15.7. The quantitative estimate of drug-likeness (QED) is 0.161. The number of hydrogen-bond acceptors (Lipinski definition) is 3. The molecular weight excluding hydrogens is 803 g/mol. The predicted molar refractivity (Wildman–Crippen MR) is 272 cm³/mol. The Morgan fingerprint density at radius 2 is 0.788 bits per heavy atom. The van der Waals surface area contributed by atoms with Gasteiger partial charge in [-0.3, -0.25) is 0 Å². The van der Waals surface area contributed by atoms with Gasteiger partial charge in [-0.15, -0.1) is 0 Å². The van der Waals surface area contributed by atoms with E-state index < -0.39 is 0 Å². The summed E-state index contributed by atoms with van der Waals surface area (Å²) < 4.78 is 4.54. The highest BCUT2D eigenvalue weighted by Gasteiger charge is 2.24. The van der Waals surface area contributed by atoms with Crippen LogP contribution in [0.5, 0.6) is 0 Å². The summed E-state index contributed by atoms with van der Waals surface area (Å²) in [4.78, 5) is 10.9. The van der Waals surface area contributed by atoms with Crippen LogP contribution in [0.1, 0.15) is 16.7 Å². The summed E-state index contributed by atoms with van der Waals surface area (Å²) in [7, 11) is 0. The zero-order chi connectivity index (χ0) is 44.3. The fourth-order valence-electron chi connectivity index (χ4n) is 9.61. The highest BCUT2D eigenvalue weighted by molar-refractivity contribution is 6.12. The minimum Gasteiger partial charge on any atom is -0.308 e. The standard InChI is InChI=1S/C61H41N5/c1-39-21-25-41(26-22-39)45-29-31-57-50(33-45)48-17-9-11-19-55(48)65(57)59-36-52(61-63-53(43-13-5-3-6-14-43)37-54(64-61)44-15-7-4-8-16-44)60(35-47(59)38-62)66-56-20-12-10-18-49(56)51-34-46(30-32-58(51)66)42-27-23-40(2)24-28-42/h3-37H,1-2H3. The number of benzene rings is 9. The first-order valence-corrected chi connectivity index (χ1v) is 22.3. The van der Waals surface area contributed by atoms with Crippen LogP contribution in [0.2, 0.25) is 0 Å². The Kier molecular flexibility index (Phi) is 9.25. The zero-order valence-electron chi connectivity index (χ0n) is 36.4. The van der Waals surface area contributed by atoms with Crippen molar-refractivity contribution in [3.63, 3.8) is 0 Å². The lowest BCUT2D eigenvalue weighted by atomic mass is 10.0. The highest BCUT2D eigenvalue weighted by atomic mass is 15.0. The Hall–Kier alpha value is -8.85. The molecule has 0 bridgehead atoms. The number of para-hydroxylation sites is 2. The maximum absolute atomic E-state index is 11.4. The molecule has 3 aromatic heterocycles. The van der Waals surface area contributed by atoms with Gasteiger partial charge < -0.3 is 9.13 Å². The van der Waals surface area contributed by atoms with E-state index in [1.165, 1.54) is 11.1 Å². The first kappa shape index (κ1) is 38.8. The third kappa shape index (κ3) is 6.55. The normalized spacial score (nSPS) is 11.5. The van der Waals surface area contributed by atoms with Crippen molar-refractivity contribution in [2.75, 3.05) is 0 Å². The Bertz CT molecular complexity index is 3810. The fourth-order valence-corrected chi connectivity index (χ4v) is 9.61. The molecule has 12 rings (SSSR count). The highest BCUT2D eigenvalue weighted by Crippen LogP contribution is 2.42. The average Bonchev–Trinajstić information content (AvgIpc) is 3.89. The minimum absolute atomic E-state index is 0.531. The van der Waals surface area contributed by atoms with E-state index in [1.807, 2.05) is 42.5 Å². The molecule has 0 fully saturated rings. The second-order valence-electron chi connectivity index (χ2n) is 17.1. The molecule has 0 aliphatic heterocycles. The maximum Gasteiger partial charge on any atom is 0.162 e. The van der Waals surface area contributed by atoms with Crippen molar-refractivity contribution in [3.05, 3.63) is 229 Å². The van der Waals surface area contributed by atoms with Gasteiger partial charge in [0.2, 0.25) is 0 Å². The summed E-state index contributed by atoms with van der Waals surface area (Å²) in [6.45, 7) is 4.23. The van der Waals surface area contributed by atoms with Gasteiger partial charge >= 0.3 is 0 Å². The smallest absolute Gasteiger partial charge is 0.162 e. The molecule has 310 valence electrons. The molecule has 66 heavy (non-hydrogen) atoms. The van der Waals surface area contributed by atoms with Gasteiger partial charge in [-0.25, -0.2) is 9.97 Å². The van der Waals surface area contributed by atoms with E-state index in [1.54, 1.807) is 0 Å². The first-order chi connectivity index (χ1) is 32.5. The van der Waals surface area contributed by atoms with Crippen LogP contribution in [0, 0.1) is 25.2 Å². The van der Waals surface area contributed by atoms with Crippen molar-refractivity contribution in [2.24, 2.45) is 0 Å². The number of aromatic nitrogens is 4. The fraction of sp³-hybridized carbons (Fsp3) is 0.0328. The van der Waals surface area contributed by atoms with Crippen LogP contribution in [0.3, 0.4) is 0 Å². The zero-order valence-corrected chi connectivity index (χ0v) is 36.4. The van der Waals surface area contributed by atoms with Gasteiger partial charge in [-0.1, -0.05) is 169 Å². The van der Waals surface area contributed by atoms with Crippen molar-refractivity contribution in [1.29, 1.82) is 5.26 Å². The monoisotopic (exact) mass is 843 g/mol. The summed E-state index contributed by atoms with van der Waals surface area (Å²) in [5, 5.41) is 15.8. The van der Waals surface area contributed by atoms with E-state index in [0.717, 1.165) is 105 Å². The molecule has 0 saturated carbocycles. The third-order valence-electron chi connectivity index (χ3n) is 12.9. The topological polar surface area (TPSA) is 59.4 Å². The lowest BCUT2D eigenvalue weighted by Gasteiger charge is -2.19. The van der Waals surface area contributed by atoms with Gasteiger partial charge in [-0.05, 0) is 90.7 Å². The Morgan fingerprint density at radius 1 is 0.364 bits per heavy atom. The molecule has 0 amide bonds. The number of fused-ring (bicyclic) bond motifs is 6. The average molecular weight is 844 g/mol. The SMILES string of the molecule is Cc1ccc(-c2ccc3c(c2)c2ccccc2n3-c2cc(-c3nc(-c4ccccc4)cc(-c4ccccc4)n3)c(-n3c4ccccc4c4cc(-c5ccc(C)cc5)ccc43)cc2C#N)cc1. The first-order valence-electron chi connectivity index (χ1n) is 22.3. The molecule has 5 heteroatoms. The minimum atomic E-state index is 0.531. The molecule has 0 spiro atoms. The van der Waals surface area contributed by atoms with Crippen molar-refractivity contribution in [1.82, 2.24) is 19.1 Å². The van der Waals surface area contributed by atoms with Gasteiger partial charge in [0.15, 0.2) is 5.82 Å². The van der Waals surface area contributed by atoms with E-state index in [4.69, 9.17) is 9.97 Å². The number of nitriles is 1. The maximum atomic E-state index is 11.4. The van der Waals surface area contributed by atoms with Crippen LogP contribution in [-0.4, -0.2) is 19.1 Å². The van der Waals surface area contributed by atoms with Crippen molar-refractivity contribution in [3.8, 4) is 73.6 Å². The summed E-state index contributed by atoms with van der Waals surface area (Å²) in [5.74, 6) is 0.556. The number of hydrogen-bond donors (Lipinski definition) is 0. The number of aryl methyl sites for hydroxylation is 2. The van der Waals surface area contributed by atoms with Crippen LogP contribution in [-0.2, 0) is 0 Å². The summed E-state index contributed by atoms with van der Waals surface area (Å²) in [5.41, 5.74) is 17.6. The predicted octanol–water partition coefficient (Wildman–Crippen LogP) is 15.5. The van der Waals surface area contributed by atoms with Crippen LogP contribution >= 0.6 is 0 Å². The molecule has 0 atom stereocenters. The lowest BCUT2D eigenvalue weighted by molar-refractivity contribution is 1.11. The molecule has 0 saturated heterocycles.